The molecule has 0 amide bonds. The van der Waals surface area contributed by atoms with E-state index in [1.807, 2.05) is 19.1 Å². The van der Waals surface area contributed by atoms with E-state index in [-0.39, 0.29) is 18.6 Å². The minimum absolute atomic E-state index is 0.0320. The van der Waals surface area contributed by atoms with Gasteiger partial charge < -0.3 is 9.84 Å². The zero-order valence-electron chi connectivity index (χ0n) is 14.7. The molecule has 27 heavy (non-hydrogen) atoms. The van der Waals surface area contributed by atoms with Crippen LogP contribution in [0.5, 0.6) is 5.75 Å². The Morgan fingerprint density at radius 3 is 2.52 bits per heavy atom. The van der Waals surface area contributed by atoms with Crippen molar-refractivity contribution in [1.82, 2.24) is 0 Å². The van der Waals surface area contributed by atoms with E-state index >= 15 is 0 Å². The van der Waals surface area contributed by atoms with E-state index < -0.39 is 29.3 Å². The van der Waals surface area contributed by atoms with Crippen molar-refractivity contribution in [3.63, 3.8) is 0 Å². The number of halogens is 3. The maximum absolute atomic E-state index is 14.3. The molecule has 0 aliphatic rings. The fourth-order valence-electron chi connectivity index (χ4n) is 2.88. The summed E-state index contributed by atoms with van der Waals surface area (Å²) in [5, 5.41) is 10.4. The predicted octanol–water partition coefficient (Wildman–Crippen LogP) is 5.98. The Labute approximate surface area is 164 Å². The van der Waals surface area contributed by atoms with Crippen molar-refractivity contribution in [3.8, 4) is 5.75 Å². The van der Waals surface area contributed by atoms with Gasteiger partial charge in [0.1, 0.15) is 6.61 Å². The fourth-order valence-corrected chi connectivity index (χ4v) is 4.12. The SMILES string of the molecule is Cc1cc2cc(Cl)cc(COc3c(F)cc(CC(C)C(=O)O)cc3F)c2s1. The molecule has 1 atom stereocenters. The van der Waals surface area contributed by atoms with Crippen molar-refractivity contribution in [3.05, 3.63) is 63.0 Å². The Kier molecular flexibility index (Phi) is 5.67. The molecule has 0 aliphatic heterocycles. The number of thiophene rings is 1. The van der Waals surface area contributed by atoms with E-state index in [4.69, 9.17) is 21.4 Å². The molecule has 3 rings (SSSR count). The first kappa shape index (κ1) is 19.6. The lowest BCUT2D eigenvalue weighted by atomic mass is 10.0. The molecule has 0 spiro atoms. The van der Waals surface area contributed by atoms with E-state index in [2.05, 4.69) is 0 Å². The third-order valence-electron chi connectivity index (χ3n) is 4.17. The number of carbonyl (C=O) groups is 1. The van der Waals surface area contributed by atoms with Crippen molar-refractivity contribution in [1.29, 1.82) is 0 Å². The second-order valence-corrected chi connectivity index (χ2v) is 8.15. The van der Waals surface area contributed by atoms with Gasteiger partial charge in [-0.2, -0.15) is 0 Å². The molecule has 7 heteroatoms. The van der Waals surface area contributed by atoms with Crippen LogP contribution in [0.1, 0.15) is 22.9 Å². The van der Waals surface area contributed by atoms with Gasteiger partial charge in [-0.25, -0.2) is 8.78 Å². The Balaban J connectivity index is 1.83. The van der Waals surface area contributed by atoms with E-state index in [9.17, 15) is 13.6 Å². The second kappa shape index (κ2) is 7.82. The largest absolute Gasteiger partial charge is 0.483 e. The highest BCUT2D eigenvalue weighted by molar-refractivity contribution is 7.19. The molecule has 1 N–H and O–H groups in total. The van der Waals surface area contributed by atoms with Gasteiger partial charge in [-0.3, -0.25) is 4.79 Å². The molecular formula is C20H17ClF2O3S. The molecule has 3 aromatic rings. The fraction of sp³-hybridized carbons (Fsp3) is 0.250. The van der Waals surface area contributed by atoms with Crippen LogP contribution >= 0.6 is 22.9 Å². The number of carboxylic acids is 1. The lowest BCUT2D eigenvalue weighted by Crippen LogP contribution is -2.12. The van der Waals surface area contributed by atoms with E-state index in [0.29, 0.717) is 5.02 Å². The first-order chi connectivity index (χ1) is 12.7. The Bertz CT molecular complexity index is 993. The molecular weight excluding hydrogens is 394 g/mol. The number of aliphatic carboxylic acids is 1. The zero-order valence-corrected chi connectivity index (χ0v) is 16.3. The van der Waals surface area contributed by atoms with Gasteiger partial charge in [0.05, 0.1) is 5.92 Å². The van der Waals surface area contributed by atoms with Crippen LogP contribution in [0, 0.1) is 24.5 Å². The molecule has 1 aromatic heterocycles. The Morgan fingerprint density at radius 2 is 1.89 bits per heavy atom. The molecule has 0 saturated carbocycles. The summed E-state index contributed by atoms with van der Waals surface area (Å²) in [6, 6.07) is 7.78. The highest BCUT2D eigenvalue weighted by Gasteiger charge is 2.18. The average Bonchev–Trinajstić information content (AvgIpc) is 2.93. The molecule has 1 heterocycles. The standard InChI is InChI=1S/C20H17ClF2O3S/c1-10(20(24)25)3-12-5-16(22)18(17(23)6-12)26-9-14-8-15(21)7-13-4-11(2)27-19(13)14/h4-8,10H,3,9H2,1-2H3,(H,24,25). The molecule has 2 aromatic carbocycles. The maximum atomic E-state index is 14.3. The number of ether oxygens (including phenoxy) is 1. The quantitative estimate of drug-likeness (QED) is 0.543. The zero-order chi connectivity index (χ0) is 19.7. The number of hydrogen-bond donors (Lipinski definition) is 1. The molecule has 0 radical (unpaired) electrons. The molecule has 1 unspecified atom stereocenters. The van der Waals surface area contributed by atoms with Crippen LogP contribution in [-0.4, -0.2) is 11.1 Å². The van der Waals surface area contributed by atoms with Crippen LogP contribution in [0.4, 0.5) is 8.78 Å². The molecule has 0 bridgehead atoms. The average molecular weight is 411 g/mol. The van der Waals surface area contributed by atoms with Gasteiger partial charge in [-0.15, -0.1) is 11.3 Å². The first-order valence-corrected chi connectivity index (χ1v) is 9.46. The first-order valence-electron chi connectivity index (χ1n) is 8.26. The lowest BCUT2D eigenvalue weighted by Gasteiger charge is -2.12. The normalized spacial score (nSPS) is 12.3. The third kappa shape index (κ3) is 4.39. The number of hydrogen-bond acceptors (Lipinski definition) is 3. The smallest absolute Gasteiger partial charge is 0.306 e. The van der Waals surface area contributed by atoms with Crippen molar-refractivity contribution in [2.24, 2.45) is 5.92 Å². The summed E-state index contributed by atoms with van der Waals surface area (Å²) in [4.78, 5) is 12.0. The van der Waals surface area contributed by atoms with Crippen LogP contribution in [0.3, 0.4) is 0 Å². The maximum Gasteiger partial charge on any atom is 0.306 e. The van der Waals surface area contributed by atoms with E-state index in [0.717, 1.165) is 32.7 Å². The van der Waals surface area contributed by atoms with Crippen LogP contribution < -0.4 is 4.74 Å². The van der Waals surface area contributed by atoms with Crippen molar-refractivity contribution >= 4 is 39.0 Å². The summed E-state index contributed by atoms with van der Waals surface area (Å²) in [5.74, 6) is -3.96. The summed E-state index contributed by atoms with van der Waals surface area (Å²) >= 11 is 7.69. The minimum atomic E-state index is -1.02. The van der Waals surface area contributed by atoms with Gasteiger partial charge in [0.2, 0.25) is 0 Å². The van der Waals surface area contributed by atoms with Crippen LogP contribution in [-0.2, 0) is 17.8 Å². The van der Waals surface area contributed by atoms with Gasteiger partial charge in [-0.1, -0.05) is 18.5 Å². The number of benzene rings is 2. The van der Waals surface area contributed by atoms with Gasteiger partial charge in [0, 0.05) is 20.2 Å². The molecule has 0 saturated heterocycles. The summed E-state index contributed by atoms with van der Waals surface area (Å²) in [7, 11) is 0. The topological polar surface area (TPSA) is 46.5 Å². The van der Waals surface area contributed by atoms with E-state index in [1.165, 1.54) is 6.92 Å². The van der Waals surface area contributed by atoms with Gasteiger partial charge >= 0.3 is 5.97 Å². The van der Waals surface area contributed by atoms with Crippen LogP contribution in [0.2, 0.25) is 5.02 Å². The number of rotatable bonds is 6. The van der Waals surface area contributed by atoms with Crippen LogP contribution in [0.15, 0.2) is 30.3 Å². The summed E-state index contributed by atoms with van der Waals surface area (Å²) in [5.41, 5.74) is 1.02. The van der Waals surface area contributed by atoms with Crippen molar-refractivity contribution in [2.75, 3.05) is 0 Å². The van der Waals surface area contributed by atoms with Gasteiger partial charge in [0.25, 0.3) is 0 Å². The predicted molar refractivity (Wildman–Crippen MR) is 103 cm³/mol. The number of aryl methyl sites for hydroxylation is 1. The third-order valence-corrected chi connectivity index (χ3v) is 5.53. The number of carboxylic acid groups (broad SMARTS) is 1. The second-order valence-electron chi connectivity index (χ2n) is 6.46. The monoisotopic (exact) mass is 410 g/mol. The minimum Gasteiger partial charge on any atom is -0.483 e. The van der Waals surface area contributed by atoms with Gasteiger partial charge in [0.15, 0.2) is 17.4 Å². The van der Waals surface area contributed by atoms with Gasteiger partial charge in [-0.05, 0) is 54.6 Å². The van der Waals surface area contributed by atoms with Crippen LogP contribution in [0.25, 0.3) is 10.1 Å². The van der Waals surface area contributed by atoms with E-state index in [1.54, 1.807) is 17.4 Å². The molecule has 0 fully saturated rings. The molecule has 0 aliphatic carbocycles. The van der Waals surface area contributed by atoms with Crippen molar-refractivity contribution < 1.29 is 23.4 Å². The number of fused-ring (bicyclic) bond motifs is 1. The summed E-state index contributed by atoms with van der Waals surface area (Å²) < 4.78 is 35.0. The Hall–Kier alpha value is -2.18. The molecule has 142 valence electrons. The highest BCUT2D eigenvalue weighted by Crippen LogP contribution is 2.33. The molecule has 3 nitrogen and oxygen atoms in total. The summed E-state index contributed by atoms with van der Waals surface area (Å²) in [6.45, 7) is 3.42. The summed E-state index contributed by atoms with van der Waals surface area (Å²) in [6.07, 6.45) is 0.0346. The Morgan fingerprint density at radius 1 is 1.22 bits per heavy atom. The van der Waals surface area contributed by atoms with Crippen molar-refractivity contribution in [2.45, 2.75) is 26.9 Å². The lowest BCUT2D eigenvalue weighted by molar-refractivity contribution is -0.141. The highest BCUT2D eigenvalue weighted by atomic mass is 35.5.